The van der Waals surface area contributed by atoms with Crippen molar-refractivity contribution in [2.45, 2.75) is 59.2 Å². The summed E-state index contributed by atoms with van der Waals surface area (Å²) in [5.41, 5.74) is 0.442. The monoisotopic (exact) mass is 295 g/mol. The lowest BCUT2D eigenvalue weighted by molar-refractivity contribution is 0.0503. The highest BCUT2D eigenvalue weighted by molar-refractivity contribution is 5.67. The van der Waals surface area contributed by atoms with Crippen molar-refractivity contribution in [3.05, 3.63) is 24.0 Å². The predicted molar refractivity (Wildman–Crippen MR) is 85.1 cm³/mol. The van der Waals surface area contributed by atoms with Crippen molar-refractivity contribution in [3.63, 3.8) is 0 Å². The van der Waals surface area contributed by atoms with Crippen molar-refractivity contribution in [3.8, 4) is 0 Å². The number of alkyl carbamates (subject to hydrolysis) is 1. The van der Waals surface area contributed by atoms with Gasteiger partial charge in [0.2, 0.25) is 0 Å². The molecule has 5 nitrogen and oxygen atoms in total. The lowest BCUT2D eigenvalue weighted by Gasteiger charge is -2.35. The summed E-state index contributed by atoms with van der Waals surface area (Å²) in [7, 11) is 0. The standard InChI is InChI=1S/C16H29N3O2/c1-12(2)16(6,19-10-13-8-7-9-17-13)11-18-14(20)21-15(3,4)5/h7-9,12,17,19H,10-11H2,1-6H3,(H,18,20). The minimum absolute atomic E-state index is 0.206. The van der Waals surface area contributed by atoms with Gasteiger partial charge in [0.25, 0.3) is 0 Å². The number of H-pyrrole nitrogens is 1. The van der Waals surface area contributed by atoms with Crippen LogP contribution < -0.4 is 10.6 Å². The molecule has 1 unspecified atom stereocenters. The van der Waals surface area contributed by atoms with Crippen molar-refractivity contribution in [1.82, 2.24) is 15.6 Å². The van der Waals surface area contributed by atoms with Gasteiger partial charge in [-0.3, -0.25) is 0 Å². The van der Waals surface area contributed by atoms with E-state index < -0.39 is 5.60 Å². The summed E-state index contributed by atoms with van der Waals surface area (Å²) >= 11 is 0. The number of ether oxygens (including phenoxy) is 1. The van der Waals surface area contributed by atoms with Crippen LogP contribution in [0.2, 0.25) is 0 Å². The average molecular weight is 295 g/mol. The molecule has 1 rings (SSSR count). The zero-order valence-electron chi connectivity index (χ0n) is 14.0. The fraction of sp³-hybridized carbons (Fsp3) is 0.688. The first-order valence-corrected chi connectivity index (χ1v) is 7.46. The Morgan fingerprint density at radius 3 is 2.48 bits per heavy atom. The highest BCUT2D eigenvalue weighted by atomic mass is 16.6. The van der Waals surface area contributed by atoms with E-state index in [2.05, 4.69) is 36.4 Å². The maximum absolute atomic E-state index is 11.8. The number of carbonyl (C=O) groups is 1. The van der Waals surface area contributed by atoms with E-state index in [0.717, 1.165) is 12.2 Å². The van der Waals surface area contributed by atoms with Gasteiger partial charge in [-0.2, -0.15) is 0 Å². The average Bonchev–Trinajstić information content (AvgIpc) is 2.84. The first kappa shape index (κ1) is 17.6. The quantitative estimate of drug-likeness (QED) is 0.755. The van der Waals surface area contributed by atoms with Crippen molar-refractivity contribution < 1.29 is 9.53 Å². The van der Waals surface area contributed by atoms with E-state index in [4.69, 9.17) is 4.74 Å². The Hall–Kier alpha value is -1.49. The molecule has 0 saturated heterocycles. The Bertz CT molecular complexity index is 435. The number of rotatable bonds is 6. The van der Waals surface area contributed by atoms with Gasteiger partial charge >= 0.3 is 6.09 Å². The third-order valence-corrected chi connectivity index (χ3v) is 3.62. The van der Waals surface area contributed by atoms with Crippen LogP contribution in [0.3, 0.4) is 0 Å². The summed E-state index contributed by atoms with van der Waals surface area (Å²) in [4.78, 5) is 15.0. The van der Waals surface area contributed by atoms with Crippen molar-refractivity contribution >= 4 is 6.09 Å². The third kappa shape index (κ3) is 6.21. The second kappa shape index (κ2) is 6.98. The van der Waals surface area contributed by atoms with Gasteiger partial charge in [0, 0.05) is 30.5 Å². The molecule has 0 spiro atoms. The SMILES string of the molecule is CC(C)C(C)(CNC(=O)OC(C)(C)C)NCc1ccc[nH]1. The molecule has 1 amide bonds. The first-order valence-electron chi connectivity index (χ1n) is 7.46. The molecule has 0 bridgehead atoms. The van der Waals surface area contributed by atoms with Gasteiger partial charge < -0.3 is 20.4 Å². The number of nitrogens with one attached hydrogen (secondary N) is 3. The molecule has 0 radical (unpaired) electrons. The van der Waals surface area contributed by atoms with E-state index in [1.807, 2.05) is 39.1 Å². The number of aromatic nitrogens is 1. The summed E-state index contributed by atoms with van der Waals surface area (Å²) in [5, 5.41) is 6.37. The van der Waals surface area contributed by atoms with Crippen LogP contribution in [0.15, 0.2) is 18.3 Å². The van der Waals surface area contributed by atoms with Gasteiger partial charge in [-0.1, -0.05) is 13.8 Å². The van der Waals surface area contributed by atoms with Gasteiger partial charge in [0.05, 0.1) is 0 Å². The minimum atomic E-state index is -0.476. The molecule has 120 valence electrons. The van der Waals surface area contributed by atoms with Crippen molar-refractivity contribution in [2.75, 3.05) is 6.54 Å². The van der Waals surface area contributed by atoms with Gasteiger partial charge in [-0.25, -0.2) is 4.79 Å². The molecule has 0 fully saturated rings. The molecule has 0 aromatic carbocycles. The minimum Gasteiger partial charge on any atom is -0.444 e. The van der Waals surface area contributed by atoms with E-state index in [9.17, 15) is 4.79 Å². The Morgan fingerprint density at radius 1 is 1.33 bits per heavy atom. The van der Waals surface area contributed by atoms with Crippen molar-refractivity contribution in [1.29, 1.82) is 0 Å². The van der Waals surface area contributed by atoms with Crippen LogP contribution in [0.4, 0.5) is 4.79 Å². The summed E-state index contributed by atoms with van der Waals surface area (Å²) < 4.78 is 5.28. The second-order valence-electron chi connectivity index (χ2n) is 6.98. The van der Waals surface area contributed by atoms with Crippen LogP contribution in [0, 0.1) is 5.92 Å². The zero-order valence-corrected chi connectivity index (χ0v) is 14.0. The third-order valence-electron chi connectivity index (χ3n) is 3.62. The van der Waals surface area contributed by atoms with E-state index in [0.29, 0.717) is 12.5 Å². The Labute approximate surface area is 127 Å². The molecule has 5 heteroatoms. The molecule has 3 N–H and O–H groups in total. The smallest absolute Gasteiger partial charge is 0.407 e. The predicted octanol–water partition coefficient (Wildman–Crippen LogP) is 3.04. The molecule has 1 heterocycles. The molecule has 1 aromatic rings. The highest BCUT2D eigenvalue weighted by Crippen LogP contribution is 2.17. The first-order chi connectivity index (χ1) is 9.62. The number of hydrogen-bond acceptors (Lipinski definition) is 3. The largest absolute Gasteiger partial charge is 0.444 e. The van der Waals surface area contributed by atoms with Crippen LogP contribution >= 0.6 is 0 Å². The Morgan fingerprint density at radius 2 is 2.00 bits per heavy atom. The van der Waals surface area contributed by atoms with Crippen molar-refractivity contribution in [2.24, 2.45) is 5.92 Å². The van der Waals surface area contributed by atoms with Crippen LogP contribution in [0.5, 0.6) is 0 Å². The molecular weight excluding hydrogens is 266 g/mol. The lowest BCUT2D eigenvalue weighted by atomic mass is 9.88. The number of carbonyl (C=O) groups excluding carboxylic acids is 1. The van der Waals surface area contributed by atoms with E-state index in [1.54, 1.807) is 0 Å². The van der Waals surface area contributed by atoms with Crippen LogP contribution in [0.1, 0.15) is 47.2 Å². The lowest BCUT2D eigenvalue weighted by Crippen LogP contribution is -2.55. The number of amides is 1. The molecule has 1 atom stereocenters. The summed E-state index contributed by atoms with van der Waals surface area (Å²) in [6, 6.07) is 4.01. The normalized spacial score (nSPS) is 14.8. The maximum atomic E-state index is 11.8. The van der Waals surface area contributed by atoms with Gasteiger partial charge in [-0.05, 0) is 45.7 Å². The van der Waals surface area contributed by atoms with Gasteiger partial charge in [0.15, 0.2) is 0 Å². The number of hydrogen-bond donors (Lipinski definition) is 3. The summed E-state index contributed by atoms with van der Waals surface area (Å²) in [6.45, 7) is 13.2. The van der Waals surface area contributed by atoms with Crippen LogP contribution in [-0.4, -0.2) is 28.8 Å². The second-order valence-corrected chi connectivity index (χ2v) is 6.98. The molecule has 0 aliphatic carbocycles. The van der Waals surface area contributed by atoms with E-state index >= 15 is 0 Å². The van der Waals surface area contributed by atoms with Crippen LogP contribution in [-0.2, 0) is 11.3 Å². The summed E-state index contributed by atoms with van der Waals surface area (Å²) in [6.07, 6.45) is 1.53. The van der Waals surface area contributed by atoms with E-state index in [-0.39, 0.29) is 11.6 Å². The fourth-order valence-electron chi connectivity index (χ4n) is 1.82. The molecule has 0 aliphatic rings. The fourth-order valence-corrected chi connectivity index (χ4v) is 1.82. The topological polar surface area (TPSA) is 66.2 Å². The Kier molecular flexibility index (Phi) is 5.84. The van der Waals surface area contributed by atoms with E-state index in [1.165, 1.54) is 0 Å². The molecule has 21 heavy (non-hydrogen) atoms. The molecule has 0 aliphatic heterocycles. The highest BCUT2D eigenvalue weighted by Gasteiger charge is 2.29. The molecule has 0 saturated carbocycles. The molecule has 1 aromatic heterocycles. The maximum Gasteiger partial charge on any atom is 0.407 e. The van der Waals surface area contributed by atoms with Gasteiger partial charge in [0.1, 0.15) is 5.60 Å². The molecular formula is C16H29N3O2. The number of aromatic amines is 1. The van der Waals surface area contributed by atoms with Crippen LogP contribution in [0.25, 0.3) is 0 Å². The van der Waals surface area contributed by atoms with Gasteiger partial charge in [-0.15, -0.1) is 0 Å². The zero-order chi connectivity index (χ0) is 16.1. The summed E-state index contributed by atoms with van der Waals surface area (Å²) in [5.74, 6) is 0.363. The Balaban J connectivity index is 2.53.